The predicted octanol–water partition coefficient (Wildman–Crippen LogP) is 3.45. The fourth-order valence-electron chi connectivity index (χ4n) is 5.27. The van der Waals surface area contributed by atoms with E-state index >= 15 is 0 Å². The summed E-state index contributed by atoms with van der Waals surface area (Å²) in [6.07, 6.45) is 8.09. The van der Waals surface area contributed by atoms with Crippen LogP contribution in [0.25, 0.3) is 0 Å². The maximum Gasteiger partial charge on any atom is 0.316 e. The smallest absolute Gasteiger partial charge is 0.316 e. The van der Waals surface area contributed by atoms with Crippen molar-refractivity contribution in [3.05, 3.63) is 0 Å². The normalized spacial score (nSPS) is 42.1. The van der Waals surface area contributed by atoms with Crippen molar-refractivity contribution < 1.29 is 9.53 Å². The van der Waals surface area contributed by atoms with E-state index in [-0.39, 0.29) is 22.7 Å². The van der Waals surface area contributed by atoms with Crippen LogP contribution in [0.1, 0.15) is 52.4 Å². The number of ether oxygens (including phenoxy) is 1. The van der Waals surface area contributed by atoms with Crippen LogP contribution in [0.2, 0.25) is 0 Å². The van der Waals surface area contributed by atoms with Crippen molar-refractivity contribution in [1.82, 2.24) is 0 Å². The van der Waals surface area contributed by atoms with E-state index in [0.29, 0.717) is 0 Å². The van der Waals surface area contributed by atoms with Gasteiger partial charge < -0.3 is 4.74 Å². The summed E-state index contributed by atoms with van der Waals surface area (Å²) in [7, 11) is 0. The average molecular weight is 268 g/mol. The van der Waals surface area contributed by atoms with Gasteiger partial charge in [-0.1, -0.05) is 0 Å². The van der Waals surface area contributed by atoms with Crippen molar-refractivity contribution in [3.8, 4) is 0 Å². The first-order valence-electron chi connectivity index (χ1n) is 7.27. The summed E-state index contributed by atoms with van der Waals surface area (Å²) in [6, 6.07) is 0. The highest BCUT2D eigenvalue weighted by Gasteiger charge is 2.58. The van der Waals surface area contributed by atoms with E-state index in [9.17, 15) is 4.79 Å². The molecule has 0 aromatic carbocycles. The lowest BCUT2D eigenvalue weighted by atomic mass is 9.46. The quantitative estimate of drug-likeness (QED) is 0.627. The summed E-state index contributed by atoms with van der Waals surface area (Å²) in [5.74, 6) is 2.70. The summed E-state index contributed by atoms with van der Waals surface area (Å²) < 4.78 is 5.76. The van der Waals surface area contributed by atoms with Gasteiger partial charge in [-0.25, -0.2) is 0 Å². The number of hydrogen-bond acceptors (Lipinski definition) is 3. The number of esters is 1. The summed E-state index contributed by atoms with van der Waals surface area (Å²) in [5, 5.41) is 0. The Morgan fingerprint density at radius 3 is 2.00 bits per heavy atom. The lowest BCUT2D eigenvalue weighted by Crippen LogP contribution is -2.57. The third-order valence-electron chi connectivity index (χ3n) is 5.81. The average Bonchev–Trinajstić information content (AvgIpc) is 2.26. The molecule has 4 rings (SSSR count). The molecule has 2 nitrogen and oxygen atoms in total. The number of thiol groups is 1. The fraction of sp³-hybridized carbons (Fsp3) is 0.933. The van der Waals surface area contributed by atoms with E-state index in [1.54, 1.807) is 0 Å². The fourth-order valence-corrected chi connectivity index (χ4v) is 5.34. The molecule has 0 atom stereocenters. The molecular formula is C15H24O2S. The molecule has 0 spiro atoms. The maximum atomic E-state index is 11.6. The Kier molecular flexibility index (Phi) is 2.96. The third-order valence-corrected chi connectivity index (χ3v) is 6.07. The monoisotopic (exact) mass is 268 g/mol. The minimum atomic E-state index is -0.317. The molecule has 0 aliphatic heterocycles. The minimum Gasteiger partial charge on any atom is -0.458 e. The van der Waals surface area contributed by atoms with Gasteiger partial charge in [0.2, 0.25) is 0 Å². The van der Waals surface area contributed by atoms with Gasteiger partial charge in [0.1, 0.15) is 5.60 Å². The topological polar surface area (TPSA) is 26.3 Å². The Morgan fingerprint density at radius 2 is 1.61 bits per heavy atom. The Balaban J connectivity index is 1.83. The summed E-state index contributed by atoms with van der Waals surface area (Å²) in [5.41, 5.74) is -0.0663. The van der Waals surface area contributed by atoms with E-state index < -0.39 is 0 Å². The van der Waals surface area contributed by atoms with E-state index in [2.05, 4.69) is 26.5 Å². The lowest BCUT2D eigenvalue weighted by molar-refractivity contribution is -0.196. The number of hydrogen-bond donors (Lipinski definition) is 1. The molecular weight excluding hydrogens is 244 g/mol. The number of rotatable bonds is 3. The van der Waals surface area contributed by atoms with Crippen LogP contribution in [-0.4, -0.2) is 17.3 Å². The zero-order valence-electron chi connectivity index (χ0n) is 11.4. The minimum absolute atomic E-state index is 0.168. The van der Waals surface area contributed by atoms with Crippen LogP contribution in [0.3, 0.4) is 0 Å². The Morgan fingerprint density at radius 1 is 1.17 bits per heavy atom. The maximum absolute atomic E-state index is 11.6. The molecule has 18 heavy (non-hydrogen) atoms. The van der Waals surface area contributed by atoms with Crippen LogP contribution in [0, 0.1) is 23.2 Å². The second-order valence-corrected chi connectivity index (χ2v) is 7.66. The molecule has 3 heteroatoms. The van der Waals surface area contributed by atoms with Gasteiger partial charge in [0.25, 0.3) is 0 Å². The number of carbonyl (C=O) groups excluding carboxylic acids is 1. The van der Waals surface area contributed by atoms with Crippen LogP contribution in [0.4, 0.5) is 0 Å². The zero-order valence-corrected chi connectivity index (χ0v) is 12.3. The Bertz CT molecular complexity index is 326. The first kappa shape index (κ1) is 12.8. The molecule has 0 radical (unpaired) electrons. The van der Waals surface area contributed by atoms with Crippen LogP contribution < -0.4 is 0 Å². The molecule has 4 saturated carbocycles. The van der Waals surface area contributed by atoms with E-state index in [4.69, 9.17) is 4.74 Å². The molecule has 4 fully saturated rings. The van der Waals surface area contributed by atoms with Crippen LogP contribution >= 0.6 is 12.6 Å². The highest BCUT2D eigenvalue weighted by atomic mass is 32.1. The van der Waals surface area contributed by atoms with Gasteiger partial charge >= 0.3 is 5.97 Å². The highest BCUT2D eigenvalue weighted by Crippen LogP contribution is 2.64. The molecule has 4 aliphatic rings. The third kappa shape index (κ3) is 1.90. The predicted molar refractivity (Wildman–Crippen MR) is 74.6 cm³/mol. The highest BCUT2D eigenvalue weighted by molar-refractivity contribution is 7.81. The zero-order chi connectivity index (χ0) is 13.0. The first-order chi connectivity index (χ1) is 8.44. The van der Waals surface area contributed by atoms with Crippen molar-refractivity contribution in [3.63, 3.8) is 0 Å². The molecule has 0 aromatic heterocycles. The first-order valence-corrected chi connectivity index (χ1v) is 7.90. The van der Waals surface area contributed by atoms with Crippen molar-refractivity contribution in [2.45, 2.75) is 58.0 Å². The van der Waals surface area contributed by atoms with Crippen LogP contribution in [0.15, 0.2) is 0 Å². The largest absolute Gasteiger partial charge is 0.458 e. The van der Waals surface area contributed by atoms with Gasteiger partial charge in [-0.05, 0) is 70.1 Å². The van der Waals surface area contributed by atoms with Crippen molar-refractivity contribution >= 4 is 18.6 Å². The van der Waals surface area contributed by atoms with Crippen molar-refractivity contribution in [2.75, 3.05) is 5.75 Å². The molecule has 0 aromatic rings. The van der Waals surface area contributed by atoms with Crippen molar-refractivity contribution in [1.29, 1.82) is 0 Å². The molecule has 0 amide bonds. The summed E-state index contributed by atoms with van der Waals surface area (Å²) in [6.45, 7) is 4.25. The SMILES string of the molecule is CC(C)(OC(=O)CS)C12CC3CC(CC(C3)C1)C2. The van der Waals surface area contributed by atoms with Gasteiger partial charge in [-0.2, -0.15) is 12.6 Å². The number of carbonyl (C=O) groups is 1. The van der Waals surface area contributed by atoms with Crippen molar-refractivity contribution in [2.24, 2.45) is 23.2 Å². The molecule has 0 N–H and O–H groups in total. The summed E-state index contributed by atoms with van der Waals surface area (Å²) >= 11 is 4.03. The standard InChI is InChI=1S/C15H24O2S/c1-14(2,17-13(16)9-18)15-6-10-3-11(7-15)5-12(4-10)8-15/h10-12,18H,3-9H2,1-2H3. The van der Waals surface area contributed by atoms with E-state index in [0.717, 1.165) is 17.8 Å². The molecule has 0 saturated heterocycles. The van der Waals surface area contributed by atoms with Gasteiger partial charge in [0.15, 0.2) is 0 Å². The van der Waals surface area contributed by atoms with Gasteiger partial charge in [0, 0.05) is 5.41 Å². The van der Waals surface area contributed by atoms with Crippen LogP contribution in [-0.2, 0) is 9.53 Å². The molecule has 0 heterocycles. The van der Waals surface area contributed by atoms with Gasteiger partial charge in [0.05, 0.1) is 5.75 Å². The van der Waals surface area contributed by atoms with E-state index in [1.807, 2.05) is 0 Å². The molecule has 4 aliphatic carbocycles. The molecule has 4 bridgehead atoms. The second-order valence-electron chi connectivity index (χ2n) is 7.34. The van der Waals surface area contributed by atoms with Crippen LogP contribution in [0.5, 0.6) is 0 Å². The van der Waals surface area contributed by atoms with Gasteiger partial charge in [-0.15, -0.1) is 0 Å². The Hall–Kier alpha value is -0.180. The van der Waals surface area contributed by atoms with Gasteiger partial charge in [-0.3, -0.25) is 4.79 Å². The van der Waals surface area contributed by atoms with E-state index in [1.165, 1.54) is 38.5 Å². The second kappa shape index (κ2) is 4.16. The molecule has 102 valence electrons. The Labute approximate surface area is 115 Å². The molecule has 0 unspecified atom stereocenters. The summed E-state index contributed by atoms with van der Waals surface area (Å²) in [4.78, 5) is 11.6. The lowest BCUT2D eigenvalue weighted by Gasteiger charge is -2.61.